The molecule has 0 atom stereocenters. The van der Waals surface area contributed by atoms with Crippen LogP contribution in [-0.4, -0.2) is 21.3 Å². The molecule has 0 aliphatic rings. The van der Waals surface area contributed by atoms with Crippen LogP contribution in [0.3, 0.4) is 0 Å². The predicted molar refractivity (Wildman–Crippen MR) is 56.2 cm³/mol. The molecule has 0 bridgehead atoms. The molecule has 86 valence electrons. The van der Waals surface area contributed by atoms with Crippen molar-refractivity contribution in [3.05, 3.63) is 48.0 Å². The van der Waals surface area contributed by atoms with Crippen LogP contribution in [0, 0.1) is 0 Å². The monoisotopic (exact) mass is 232 g/mol. The molecule has 6 nitrogen and oxygen atoms in total. The number of benzene rings is 1. The molecule has 1 heterocycles. The van der Waals surface area contributed by atoms with Gasteiger partial charge in [0.25, 0.3) is 5.88 Å². The second kappa shape index (κ2) is 4.93. The number of carbonyl (C=O) groups excluding carboxylic acids is 1. The summed E-state index contributed by atoms with van der Waals surface area (Å²) in [6.45, 7) is 0. The first kappa shape index (κ1) is 10.9. The molecule has 2 rings (SSSR count). The number of nitrogens with zero attached hydrogens (tertiary/aromatic N) is 2. The molecule has 0 unspecified atom stereocenters. The van der Waals surface area contributed by atoms with E-state index in [0.717, 1.165) is 0 Å². The zero-order valence-corrected chi connectivity index (χ0v) is 8.61. The Labute approximate surface area is 96.4 Å². The molecule has 0 aliphatic carbocycles. The maximum Gasteiger partial charge on any atom is 0.386 e. The Morgan fingerprint density at radius 1 is 1.06 bits per heavy atom. The molecule has 0 spiro atoms. The minimum Gasteiger partial charge on any atom is -0.492 e. The third-order valence-corrected chi connectivity index (χ3v) is 1.84. The van der Waals surface area contributed by atoms with E-state index in [4.69, 9.17) is 5.11 Å². The molecule has 0 saturated heterocycles. The van der Waals surface area contributed by atoms with Gasteiger partial charge >= 0.3 is 5.97 Å². The Bertz CT molecular complexity index is 499. The molecule has 1 aromatic heterocycles. The zero-order valence-electron chi connectivity index (χ0n) is 8.61. The van der Waals surface area contributed by atoms with E-state index in [-0.39, 0.29) is 11.8 Å². The summed E-state index contributed by atoms with van der Waals surface area (Å²) in [4.78, 5) is 20.6. The maximum atomic E-state index is 11.4. The van der Waals surface area contributed by atoms with E-state index >= 15 is 0 Å². The van der Waals surface area contributed by atoms with E-state index in [2.05, 4.69) is 20.0 Å². The number of aromatic nitrogens is 2. The summed E-state index contributed by atoms with van der Waals surface area (Å²) in [6.07, 6.45) is 0. The van der Waals surface area contributed by atoms with Crippen LogP contribution in [0.1, 0.15) is 10.4 Å². The lowest BCUT2D eigenvalue weighted by molar-refractivity contribution is -0.153. The topological polar surface area (TPSA) is 81.5 Å². The van der Waals surface area contributed by atoms with Crippen LogP contribution >= 0.6 is 0 Å². The van der Waals surface area contributed by atoms with E-state index in [9.17, 15) is 4.79 Å². The lowest BCUT2D eigenvalue weighted by atomic mass is 10.2. The van der Waals surface area contributed by atoms with Crippen molar-refractivity contribution in [2.24, 2.45) is 0 Å². The SMILES string of the molecule is O=C(OOc1ccc(O)nn1)c1ccccc1. The summed E-state index contributed by atoms with van der Waals surface area (Å²) in [5.74, 6) is -0.903. The summed E-state index contributed by atoms with van der Waals surface area (Å²) < 4.78 is 0. The van der Waals surface area contributed by atoms with Gasteiger partial charge in [0, 0.05) is 12.1 Å². The number of carbonyl (C=O) groups is 1. The highest BCUT2D eigenvalue weighted by molar-refractivity contribution is 5.88. The van der Waals surface area contributed by atoms with E-state index < -0.39 is 5.97 Å². The molecule has 0 fully saturated rings. The second-order valence-electron chi connectivity index (χ2n) is 3.05. The molecule has 6 heteroatoms. The van der Waals surface area contributed by atoms with Crippen molar-refractivity contribution < 1.29 is 19.7 Å². The first-order valence-corrected chi connectivity index (χ1v) is 4.72. The first-order valence-electron chi connectivity index (χ1n) is 4.72. The van der Waals surface area contributed by atoms with Gasteiger partial charge in [-0.15, -0.1) is 10.2 Å². The van der Waals surface area contributed by atoms with Crippen molar-refractivity contribution >= 4 is 5.97 Å². The van der Waals surface area contributed by atoms with Crippen molar-refractivity contribution in [3.8, 4) is 11.8 Å². The molecular formula is C11H8N2O4. The third kappa shape index (κ3) is 2.91. The standard InChI is InChI=1S/C11H8N2O4/c14-9-6-7-10(13-12-9)16-17-11(15)8-4-2-1-3-5-8/h1-7H,(H,12,14). The summed E-state index contributed by atoms with van der Waals surface area (Å²) in [6, 6.07) is 11.0. The van der Waals surface area contributed by atoms with Crippen molar-refractivity contribution in [1.82, 2.24) is 10.2 Å². The normalized spacial score (nSPS) is 9.65. The van der Waals surface area contributed by atoms with Gasteiger partial charge in [-0.3, -0.25) is 4.89 Å². The van der Waals surface area contributed by atoms with Gasteiger partial charge in [0.2, 0.25) is 5.88 Å². The van der Waals surface area contributed by atoms with E-state index in [1.165, 1.54) is 12.1 Å². The minimum absolute atomic E-state index is 0.0212. The Balaban J connectivity index is 1.95. The van der Waals surface area contributed by atoms with Gasteiger partial charge in [-0.25, -0.2) is 9.68 Å². The van der Waals surface area contributed by atoms with Gasteiger partial charge < -0.3 is 5.11 Å². The lowest BCUT2D eigenvalue weighted by Gasteiger charge is -2.02. The summed E-state index contributed by atoms with van der Waals surface area (Å²) in [7, 11) is 0. The fourth-order valence-corrected chi connectivity index (χ4v) is 1.06. The lowest BCUT2D eigenvalue weighted by Crippen LogP contribution is -2.09. The fraction of sp³-hybridized carbons (Fsp3) is 0. The van der Waals surface area contributed by atoms with Crippen LogP contribution in [0.2, 0.25) is 0 Å². The van der Waals surface area contributed by atoms with E-state index in [0.29, 0.717) is 5.56 Å². The van der Waals surface area contributed by atoms with E-state index in [1.54, 1.807) is 30.3 Å². The number of hydrogen-bond acceptors (Lipinski definition) is 6. The smallest absolute Gasteiger partial charge is 0.386 e. The Kier molecular flexibility index (Phi) is 3.15. The number of rotatable bonds is 3. The summed E-state index contributed by atoms with van der Waals surface area (Å²) in [5, 5.41) is 15.6. The number of aromatic hydroxyl groups is 1. The summed E-state index contributed by atoms with van der Waals surface area (Å²) in [5.41, 5.74) is 0.360. The molecule has 1 aromatic carbocycles. The van der Waals surface area contributed by atoms with Crippen LogP contribution in [0.15, 0.2) is 42.5 Å². The maximum absolute atomic E-state index is 11.4. The molecule has 0 amide bonds. The Morgan fingerprint density at radius 2 is 1.82 bits per heavy atom. The van der Waals surface area contributed by atoms with Crippen LogP contribution in [0.4, 0.5) is 0 Å². The molecule has 2 aromatic rings. The van der Waals surface area contributed by atoms with Gasteiger partial charge in [0.05, 0.1) is 5.56 Å². The quantitative estimate of drug-likeness (QED) is 0.635. The van der Waals surface area contributed by atoms with Gasteiger partial charge in [-0.2, -0.15) is 0 Å². The molecule has 0 radical (unpaired) electrons. The minimum atomic E-state index is -0.638. The van der Waals surface area contributed by atoms with E-state index in [1.807, 2.05) is 0 Å². The predicted octanol–water partition coefficient (Wildman–Crippen LogP) is 1.33. The van der Waals surface area contributed by atoms with Gasteiger partial charge in [0.1, 0.15) is 0 Å². The fourth-order valence-electron chi connectivity index (χ4n) is 1.06. The highest BCUT2D eigenvalue weighted by Crippen LogP contribution is 2.09. The van der Waals surface area contributed by atoms with Crippen LogP contribution < -0.4 is 4.89 Å². The Hall–Kier alpha value is -2.63. The third-order valence-electron chi connectivity index (χ3n) is 1.84. The van der Waals surface area contributed by atoms with Gasteiger partial charge in [-0.05, 0) is 12.1 Å². The molecule has 17 heavy (non-hydrogen) atoms. The highest BCUT2D eigenvalue weighted by Gasteiger charge is 2.08. The van der Waals surface area contributed by atoms with Crippen molar-refractivity contribution in [2.75, 3.05) is 0 Å². The average molecular weight is 232 g/mol. The summed E-state index contributed by atoms with van der Waals surface area (Å²) >= 11 is 0. The van der Waals surface area contributed by atoms with Crippen LogP contribution in [0.5, 0.6) is 11.8 Å². The van der Waals surface area contributed by atoms with Crippen LogP contribution in [-0.2, 0) is 4.89 Å². The Morgan fingerprint density at radius 3 is 2.47 bits per heavy atom. The largest absolute Gasteiger partial charge is 0.492 e. The molecule has 0 aliphatic heterocycles. The first-order chi connectivity index (χ1) is 8.25. The average Bonchev–Trinajstić information content (AvgIpc) is 2.39. The molecular weight excluding hydrogens is 224 g/mol. The zero-order chi connectivity index (χ0) is 12.1. The van der Waals surface area contributed by atoms with Crippen LogP contribution in [0.25, 0.3) is 0 Å². The molecule has 0 saturated carbocycles. The number of hydrogen-bond donors (Lipinski definition) is 1. The molecule has 1 N–H and O–H groups in total. The highest BCUT2D eigenvalue weighted by atomic mass is 17.2. The second-order valence-corrected chi connectivity index (χ2v) is 3.05. The van der Waals surface area contributed by atoms with Gasteiger partial charge in [-0.1, -0.05) is 18.2 Å². The van der Waals surface area contributed by atoms with Gasteiger partial charge in [0.15, 0.2) is 0 Å². The van der Waals surface area contributed by atoms with Crippen molar-refractivity contribution in [1.29, 1.82) is 0 Å². The van der Waals surface area contributed by atoms with Crippen molar-refractivity contribution in [3.63, 3.8) is 0 Å². The van der Waals surface area contributed by atoms with Crippen molar-refractivity contribution in [2.45, 2.75) is 0 Å².